The van der Waals surface area contributed by atoms with Gasteiger partial charge in [0, 0.05) is 21.9 Å². The summed E-state index contributed by atoms with van der Waals surface area (Å²) in [5, 5.41) is 4.80. The van der Waals surface area contributed by atoms with E-state index in [9.17, 15) is 0 Å². The number of benzene rings is 6. The van der Waals surface area contributed by atoms with E-state index in [2.05, 4.69) is 121 Å². The molecule has 6 aromatic carbocycles. The average Bonchev–Trinajstić information content (AvgIpc) is 3.51. The van der Waals surface area contributed by atoms with E-state index in [4.69, 9.17) is 4.42 Å². The van der Waals surface area contributed by atoms with Gasteiger partial charge in [-0.05, 0) is 62.7 Å². The number of hydrogen-bond acceptors (Lipinski definition) is 1. The van der Waals surface area contributed by atoms with Crippen molar-refractivity contribution in [3.63, 3.8) is 0 Å². The Kier molecular flexibility index (Phi) is 4.06. The van der Waals surface area contributed by atoms with Crippen molar-refractivity contribution in [1.29, 1.82) is 0 Å². The van der Waals surface area contributed by atoms with Gasteiger partial charge in [0.25, 0.3) is 0 Å². The van der Waals surface area contributed by atoms with Crippen molar-refractivity contribution < 1.29 is 4.42 Å². The van der Waals surface area contributed by atoms with Gasteiger partial charge in [-0.15, -0.1) is 0 Å². The summed E-state index contributed by atoms with van der Waals surface area (Å²) < 4.78 is 6.72. The topological polar surface area (TPSA) is 13.1 Å². The van der Waals surface area contributed by atoms with Crippen molar-refractivity contribution in [3.05, 3.63) is 132 Å². The minimum Gasteiger partial charge on any atom is -0.455 e. The molecule has 0 aliphatic heterocycles. The van der Waals surface area contributed by atoms with Crippen LogP contribution in [-0.2, 0) is 6.42 Å². The first-order valence-corrected chi connectivity index (χ1v) is 12.5. The van der Waals surface area contributed by atoms with E-state index < -0.39 is 0 Å². The van der Waals surface area contributed by atoms with E-state index >= 15 is 0 Å². The fourth-order valence-electron chi connectivity index (χ4n) is 5.92. The maximum Gasteiger partial charge on any atom is 0.143 e. The molecule has 0 amide bonds. The maximum absolute atomic E-state index is 6.72. The largest absolute Gasteiger partial charge is 0.455 e. The molecule has 0 saturated heterocycles. The summed E-state index contributed by atoms with van der Waals surface area (Å²) in [6.45, 7) is 0. The van der Waals surface area contributed by atoms with Crippen molar-refractivity contribution in [3.8, 4) is 33.4 Å². The van der Waals surface area contributed by atoms with E-state index in [1.807, 2.05) is 0 Å². The molecule has 0 bridgehead atoms. The second-order valence-electron chi connectivity index (χ2n) is 9.73. The zero-order chi connectivity index (χ0) is 23.6. The zero-order valence-electron chi connectivity index (χ0n) is 19.7. The van der Waals surface area contributed by atoms with E-state index in [0.29, 0.717) is 0 Å². The van der Waals surface area contributed by atoms with Crippen molar-refractivity contribution in [2.45, 2.75) is 6.42 Å². The molecule has 8 rings (SSSR count). The van der Waals surface area contributed by atoms with Crippen LogP contribution >= 0.6 is 0 Å². The summed E-state index contributed by atoms with van der Waals surface area (Å²) in [5.74, 6) is 0. The minimum atomic E-state index is 0.946. The van der Waals surface area contributed by atoms with Crippen molar-refractivity contribution in [2.75, 3.05) is 0 Å². The lowest BCUT2D eigenvalue weighted by Gasteiger charge is -2.07. The second-order valence-corrected chi connectivity index (χ2v) is 9.73. The number of para-hydroxylation sites is 2. The van der Waals surface area contributed by atoms with Crippen LogP contribution in [0, 0.1) is 0 Å². The molecule has 1 heteroatoms. The van der Waals surface area contributed by atoms with Gasteiger partial charge < -0.3 is 4.42 Å². The highest BCUT2D eigenvalue weighted by molar-refractivity contribution is 6.13. The third kappa shape index (κ3) is 2.83. The van der Waals surface area contributed by atoms with Crippen LogP contribution in [0.1, 0.15) is 11.1 Å². The smallest absolute Gasteiger partial charge is 0.143 e. The molecule has 1 aliphatic rings. The molecule has 36 heavy (non-hydrogen) atoms. The van der Waals surface area contributed by atoms with Crippen LogP contribution in [0.5, 0.6) is 0 Å². The number of fused-ring (bicyclic) bond motifs is 7. The van der Waals surface area contributed by atoms with Gasteiger partial charge in [-0.3, -0.25) is 0 Å². The maximum atomic E-state index is 6.72. The summed E-state index contributed by atoms with van der Waals surface area (Å²) >= 11 is 0. The molecular weight excluding hydrogens is 436 g/mol. The van der Waals surface area contributed by atoms with Crippen LogP contribution in [0.15, 0.2) is 126 Å². The fourth-order valence-corrected chi connectivity index (χ4v) is 5.92. The Morgan fingerprint density at radius 1 is 0.417 bits per heavy atom. The minimum absolute atomic E-state index is 0.946. The Labute approximate surface area is 209 Å². The average molecular weight is 459 g/mol. The summed E-state index contributed by atoms with van der Waals surface area (Å²) in [4.78, 5) is 0. The fraction of sp³-hybridized carbons (Fsp3) is 0.0286. The van der Waals surface area contributed by atoms with Crippen molar-refractivity contribution in [1.82, 2.24) is 0 Å². The standard InChI is InChI=1S/C35H22O/c1-2-8-23-19-25(16-15-22(23)7-1)29-11-5-13-31-32-14-6-12-30(35(32)36-34(29)31)27-18-17-26-20-24-9-3-4-10-28(24)33(26)21-27/h1-19,21H,20H2. The molecule has 0 unspecified atom stereocenters. The van der Waals surface area contributed by atoms with E-state index in [0.717, 1.165) is 39.5 Å². The molecule has 168 valence electrons. The molecule has 0 fully saturated rings. The summed E-state index contributed by atoms with van der Waals surface area (Å²) in [6.07, 6.45) is 1.01. The van der Waals surface area contributed by atoms with Gasteiger partial charge in [0.2, 0.25) is 0 Å². The predicted molar refractivity (Wildman–Crippen MR) is 150 cm³/mol. The summed E-state index contributed by atoms with van der Waals surface area (Å²) in [5.41, 5.74) is 12.0. The molecule has 0 radical (unpaired) electrons. The van der Waals surface area contributed by atoms with Gasteiger partial charge in [-0.1, -0.05) is 109 Å². The zero-order valence-corrected chi connectivity index (χ0v) is 19.7. The van der Waals surface area contributed by atoms with Crippen LogP contribution < -0.4 is 0 Å². The lowest BCUT2D eigenvalue weighted by atomic mass is 9.96. The first kappa shape index (κ1) is 19.7. The first-order valence-electron chi connectivity index (χ1n) is 12.5. The van der Waals surface area contributed by atoms with Gasteiger partial charge in [0.1, 0.15) is 11.2 Å². The van der Waals surface area contributed by atoms with Gasteiger partial charge in [0.05, 0.1) is 0 Å². The highest BCUT2D eigenvalue weighted by atomic mass is 16.3. The Morgan fingerprint density at radius 3 is 1.83 bits per heavy atom. The third-order valence-corrected chi connectivity index (χ3v) is 7.69. The molecule has 1 aromatic heterocycles. The summed E-state index contributed by atoms with van der Waals surface area (Å²) in [6, 6.07) is 43.8. The lowest BCUT2D eigenvalue weighted by Crippen LogP contribution is -1.83. The van der Waals surface area contributed by atoms with Crippen molar-refractivity contribution in [2.24, 2.45) is 0 Å². The first-order chi connectivity index (χ1) is 17.8. The summed E-state index contributed by atoms with van der Waals surface area (Å²) in [7, 11) is 0. The van der Waals surface area contributed by atoms with E-state index in [-0.39, 0.29) is 0 Å². The molecule has 1 aliphatic carbocycles. The molecule has 0 saturated carbocycles. The van der Waals surface area contributed by atoms with Gasteiger partial charge >= 0.3 is 0 Å². The molecule has 1 heterocycles. The Balaban J connectivity index is 1.34. The monoisotopic (exact) mass is 458 g/mol. The highest BCUT2D eigenvalue weighted by Crippen LogP contribution is 2.43. The Bertz CT molecular complexity index is 1970. The SMILES string of the molecule is c1ccc2c(c1)Cc1ccc(-c3cccc4c3oc3c(-c5ccc6ccccc6c5)cccc34)cc1-2. The van der Waals surface area contributed by atoms with Crippen LogP contribution in [0.2, 0.25) is 0 Å². The van der Waals surface area contributed by atoms with Crippen LogP contribution in [-0.4, -0.2) is 0 Å². The molecule has 0 atom stereocenters. The second kappa shape index (κ2) is 7.44. The van der Waals surface area contributed by atoms with Crippen molar-refractivity contribution >= 4 is 32.7 Å². The van der Waals surface area contributed by atoms with E-state index in [1.165, 1.54) is 44.2 Å². The van der Waals surface area contributed by atoms with Crippen LogP contribution in [0.4, 0.5) is 0 Å². The van der Waals surface area contributed by atoms with Gasteiger partial charge in [-0.2, -0.15) is 0 Å². The normalized spacial score (nSPS) is 12.3. The molecular formula is C35H22O. The highest BCUT2D eigenvalue weighted by Gasteiger charge is 2.20. The molecule has 7 aromatic rings. The number of rotatable bonds is 2. The van der Waals surface area contributed by atoms with Crippen LogP contribution in [0.3, 0.4) is 0 Å². The third-order valence-electron chi connectivity index (χ3n) is 7.69. The predicted octanol–water partition coefficient (Wildman–Crippen LogP) is 9.64. The quantitative estimate of drug-likeness (QED) is 0.251. The number of furan rings is 1. The Hall–Kier alpha value is -4.62. The molecule has 0 N–H and O–H groups in total. The number of hydrogen-bond donors (Lipinski definition) is 0. The Morgan fingerprint density at radius 2 is 1.03 bits per heavy atom. The van der Waals surface area contributed by atoms with Gasteiger partial charge in [0.15, 0.2) is 0 Å². The van der Waals surface area contributed by atoms with Gasteiger partial charge in [-0.25, -0.2) is 0 Å². The van der Waals surface area contributed by atoms with E-state index in [1.54, 1.807) is 0 Å². The molecule has 0 spiro atoms. The lowest BCUT2D eigenvalue weighted by molar-refractivity contribution is 0.671. The molecule has 1 nitrogen and oxygen atoms in total. The van der Waals surface area contributed by atoms with Crippen LogP contribution in [0.25, 0.3) is 66.1 Å².